The fourth-order valence-electron chi connectivity index (χ4n) is 3.79. The first-order valence-corrected chi connectivity index (χ1v) is 10.5. The summed E-state index contributed by atoms with van der Waals surface area (Å²) < 4.78 is 10.6. The van der Waals surface area contributed by atoms with Crippen molar-refractivity contribution in [2.45, 2.75) is 12.3 Å². The highest BCUT2D eigenvalue weighted by atomic mass is 35.5. The summed E-state index contributed by atoms with van der Waals surface area (Å²) >= 11 is 6.10. The third-order valence-corrected chi connectivity index (χ3v) is 5.54. The average molecular weight is 432 g/mol. The molecule has 1 amide bonds. The van der Waals surface area contributed by atoms with E-state index in [2.05, 4.69) is 41.4 Å². The minimum atomic E-state index is -0.434. The second-order valence-corrected chi connectivity index (χ2v) is 7.56. The van der Waals surface area contributed by atoms with Crippen molar-refractivity contribution in [3.05, 3.63) is 88.4 Å². The van der Waals surface area contributed by atoms with Gasteiger partial charge in [0, 0.05) is 24.4 Å². The second-order valence-electron chi connectivity index (χ2n) is 7.15. The van der Waals surface area contributed by atoms with Gasteiger partial charge < -0.3 is 14.8 Å². The van der Waals surface area contributed by atoms with Crippen LogP contribution in [0.15, 0.2) is 66.7 Å². The second kappa shape index (κ2) is 9.59. The molecule has 0 saturated carbocycles. The largest absolute Gasteiger partial charge is 0.495 e. The lowest BCUT2D eigenvalue weighted by Crippen LogP contribution is -2.26. The first-order chi connectivity index (χ1) is 15.2. The van der Waals surface area contributed by atoms with Gasteiger partial charge in [-0.3, -0.25) is 0 Å². The van der Waals surface area contributed by atoms with Gasteiger partial charge >= 0.3 is 6.09 Å². The molecule has 1 aliphatic carbocycles. The highest BCUT2D eigenvalue weighted by Crippen LogP contribution is 2.44. The van der Waals surface area contributed by atoms with E-state index in [-0.39, 0.29) is 5.92 Å². The zero-order valence-corrected chi connectivity index (χ0v) is 17.9. The molecule has 4 nitrogen and oxygen atoms in total. The van der Waals surface area contributed by atoms with Crippen LogP contribution in [0.5, 0.6) is 5.75 Å². The van der Waals surface area contributed by atoms with E-state index in [1.165, 1.54) is 22.3 Å². The van der Waals surface area contributed by atoms with Gasteiger partial charge in [-0.1, -0.05) is 72.0 Å². The van der Waals surface area contributed by atoms with E-state index in [1.807, 2.05) is 30.3 Å². The summed E-state index contributed by atoms with van der Waals surface area (Å²) in [6, 6.07) is 21.9. The first-order valence-electron chi connectivity index (χ1n) is 10.1. The molecule has 0 spiro atoms. The van der Waals surface area contributed by atoms with Crippen LogP contribution < -0.4 is 10.1 Å². The summed E-state index contributed by atoms with van der Waals surface area (Å²) in [5, 5.41) is 3.28. The fourth-order valence-corrected chi connectivity index (χ4v) is 4.04. The molecule has 3 aromatic rings. The number of hydrogen-bond acceptors (Lipinski definition) is 3. The monoisotopic (exact) mass is 431 g/mol. The molecule has 0 aliphatic heterocycles. The maximum Gasteiger partial charge on any atom is 0.407 e. The zero-order valence-electron chi connectivity index (χ0n) is 17.2. The Kier molecular flexibility index (Phi) is 6.45. The van der Waals surface area contributed by atoms with Crippen LogP contribution in [0.25, 0.3) is 11.1 Å². The van der Waals surface area contributed by atoms with Crippen molar-refractivity contribution in [1.82, 2.24) is 5.32 Å². The lowest BCUT2D eigenvalue weighted by atomic mass is 9.98. The van der Waals surface area contributed by atoms with Crippen molar-refractivity contribution in [3.63, 3.8) is 0 Å². The van der Waals surface area contributed by atoms with Gasteiger partial charge in [0.15, 0.2) is 0 Å². The van der Waals surface area contributed by atoms with Gasteiger partial charge in [0.05, 0.1) is 12.1 Å². The average Bonchev–Trinajstić information content (AvgIpc) is 3.11. The molecular formula is C26H22ClNO3. The minimum Gasteiger partial charge on any atom is -0.495 e. The van der Waals surface area contributed by atoms with Crippen molar-refractivity contribution >= 4 is 17.7 Å². The minimum absolute atomic E-state index is 0.0535. The fraction of sp³-hybridized carbons (Fsp3) is 0.192. The van der Waals surface area contributed by atoms with E-state index < -0.39 is 6.09 Å². The number of alkyl carbamates (subject to hydrolysis) is 1. The van der Waals surface area contributed by atoms with Gasteiger partial charge in [-0.05, 0) is 40.5 Å². The van der Waals surface area contributed by atoms with Crippen LogP contribution in [-0.2, 0) is 4.74 Å². The Morgan fingerprint density at radius 3 is 2.35 bits per heavy atom. The molecule has 1 aliphatic rings. The van der Waals surface area contributed by atoms with Crippen LogP contribution in [0.2, 0.25) is 5.02 Å². The van der Waals surface area contributed by atoms with Crippen molar-refractivity contribution in [1.29, 1.82) is 0 Å². The lowest BCUT2D eigenvalue weighted by molar-refractivity contribution is 0.143. The van der Waals surface area contributed by atoms with Crippen molar-refractivity contribution in [3.8, 4) is 28.7 Å². The summed E-state index contributed by atoms with van der Waals surface area (Å²) in [6.07, 6.45) is 0.0737. The van der Waals surface area contributed by atoms with E-state index in [0.29, 0.717) is 30.3 Å². The Labute approximate surface area is 187 Å². The predicted octanol–water partition coefficient (Wildman–Crippen LogP) is 5.63. The van der Waals surface area contributed by atoms with Crippen LogP contribution >= 0.6 is 11.6 Å². The van der Waals surface area contributed by atoms with Crippen LogP contribution in [0.4, 0.5) is 4.79 Å². The number of methoxy groups -OCH3 is 1. The molecule has 31 heavy (non-hydrogen) atoms. The number of nitrogens with one attached hydrogen (secondary N) is 1. The Morgan fingerprint density at radius 1 is 1.03 bits per heavy atom. The Hall–Kier alpha value is -3.42. The number of amides is 1. The van der Waals surface area contributed by atoms with Gasteiger partial charge in [0.25, 0.3) is 0 Å². The van der Waals surface area contributed by atoms with E-state index in [1.54, 1.807) is 19.2 Å². The molecule has 5 heteroatoms. The number of carbonyl (C=O) groups is 1. The highest BCUT2D eigenvalue weighted by Gasteiger charge is 2.28. The molecule has 0 bridgehead atoms. The van der Waals surface area contributed by atoms with Crippen LogP contribution in [0.3, 0.4) is 0 Å². The van der Waals surface area contributed by atoms with Gasteiger partial charge in [-0.2, -0.15) is 0 Å². The van der Waals surface area contributed by atoms with E-state index in [0.717, 1.165) is 5.56 Å². The summed E-state index contributed by atoms with van der Waals surface area (Å²) in [5.41, 5.74) is 5.61. The summed E-state index contributed by atoms with van der Waals surface area (Å²) in [5.74, 6) is 6.72. The molecule has 0 heterocycles. The normalized spacial score (nSPS) is 11.7. The molecule has 3 aromatic carbocycles. The topological polar surface area (TPSA) is 47.6 Å². The highest BCUT2D eigenvalue weighted by molar-refractivity contribution is 6.32. The zero-order chi connectivity index (χ0) is 21.6. The van der Waals surface area contributed by atoms with Crippen molar-refractivity contribution in [2.24, 2.45) is 0 Å². The smallest absolute Gasteiger partial charge is 0.407 e. The van der Waals surface area contributed by atoms with Gasteiger partial charge in [-0.15, -0.1) is 0 Å². The number of ether oxygens (including phenoxy) is 2. The van der Waals surface area contributed by atoms with E-state index in [9.17, 15) is 4.79 Å². The number of benzene rings is 3. The number of hydrogen-bond donors (Lipinski definition) is 1. The van der Waals surface area contributed by atoms with Crippen molar-refractivity contribution < 1.29 is 14.3 Å². The number of rotatable bonds is 5. The maximum atomic E-state index is 12.2. The Bertz CT molecular complexity index is 1120. The maximum absolute atomic E-state index is 12.2. The SMILES string of the molecule is COc1ccc(C#CCCNC(=O)OCC2c3ccccc3-c3ccccc32)cc1Cl. The van der Waals surface area contributed by atoms with Gasteiger partial charge in [0.1, 0.15) is 12.4 Å². The van der Waals surface area contributed by atoms with E-state index >= 15 is 0 Å². The van der Waals surface area contributed by atoms with Crippen LogP contribution in [-0.4, -0.2) is 26.4 Å². The summed E-state index contributed by atoms with van der Waals surface area (Å²) in [6.45, 7) is 0.712. The molecule has 0 fully saturated rings. The summed E-state index contributed by atoms with van der Waals surface area (Å²) in [7, 11) is 1.57. The molecule has 0 radical (unpaired) electrons. The van der Waals surface area contributed by atoms with Crippen molar-refractivity contribution in [2.75, 3.05) is 20.3 Å². The van der Waals surface area contributed by atoms with Gasteiger partial charge in [0.2, 0.25) is 0 Å². The molecule has 0 atom stereocenters. The first kappa shape index (κ1) is 20.8. The molecule has 0 saturated heterocycles. The standard InChI is InChI=1S/C26H22ClNO3/c1-30-25-14-13-18(16-24(25)27)8-6-7-15-28-26(29)31-17-23-21-11-4-2-9-19(21)20-10-3-5-12-22(20)23/h2-5,9-14,16,23H,7,15,17H2,1H3,(H,28,29). The van der Waals surface area contributed by atoms with E-state index in [4.69, 9.17) is 21.1 Å². The molecule has 1 N–H and O–H groups in total. The summed E-state index contributed by atoms with van der Waals surface area (Å²) in [4.78, 5) is 12.2. The molecule has 0 unspecified atom stereocenters. The van der Waals surface area contributed by atoms with Crippen LogP contribution in [0.1, 0.15) is 29.0 Å². The Morgan fingerprint density at radius 2 is 1.71 bits per heavy atom. The molecule has 4 rings (SSSR count). The quantitative estimate of drug-likeness (QED) is 0.420. The van der Waals surface area contributed by atoms with Gasteiger partial charge in [-0.25, -0.2) is 4.79 Å². The molecule has 0 aromatic heterocycles. The third kappa shape index (κ3) is 4.68. The lowest BCUT2D eigenvalue weighted by Gasteiger charge is -2.14. The van der Waals surface area contributed by atoms with Crippen LogP contribution in [0, 0.1) is 11.8 Å². The number of fused-ring (bicyclic) bond motifs is 3. The Balaban J connectivity index is 1.28. The molecule has 156 valence electrons. The molecular weight excluding hydrogens is 410 g/mol. The predicted molar refractivity (Wildman–Crippen MR) is 123 cm³/mol. The number of carbonyl (C=O) groups excluding carboxylic acids is 1. The third-order valence-electron chi connectivity index (χ3n) is 5.25. The number of halogens is 1.